The number of hydrogen-bond donors (Lipinski definition) is 0. The summed E-state index contributed by atoms with van der Waals surface area (Å²) >= 11 is 2.38. The quantitative estimate of drug-likeness (QED) is 0.278. The Morgan fingerprint density at radius 3 is 1.89 bits per heavy atom. The van der Waals surface area contributed by atoms with Crippen molar-refractivity contribution in [1.29, 1.82) is 0 Å². The Labute approximate surface area is 130 Å². The fraction of sp³-hybridized carbons (Fsp3) is 0.875. The molecule has 0 N–H and O–H groups in total. The molecule has 0 aliphatic rings. The fourth-order valence-corrected chi connectivity index (χ4v) is 9.95. The molecule has 0 aromatic rings. The molecule has 0 bridgehead atoms. The summed E-state index contributed by atoms with van der Waals surface area (Å²) in [6.45, 7) is 12.2. The molecular weight excluding hydrogens is 347 g/mol. The van der Waals surface area contributed by atoms with E-state index in [-0.39, 0.29) is 0 Å². The van der Waals surface area contributed by atoms with Crippen LogP contribution in [0.2, 0.25) is 23.2 Å². The van der Waals surface area contributed by atoms with Gasteiger partial charge < -0.3 is 0 Å². The second-order valence-electron chi connectivity index (χ2n) is 5.64. The zero-order chi connectivity index (χ0) is 14.1. The minimum Gasteiger partial charge on any atom is -0.0782 e. The smallest absolute Gasteiger partial charge is 0.0592 e. The van der Waals surface area contributed by atoms with Gasteiger partial charge in [-0.3, -0.25) is 0 Å². The molecule has 18 heavy (non-hydrogen) atoms. The van der Waals surface area contributed by atoms with Crippen molar-refractivity contribution in [2.24, 2.45) is 0 Å². The van der Waals surface area contributed by atoms with Gasteiger partial charge in [0.2, 0.25) is 0 Å². The minimum atomic E-state index is -1.13. The molecule has 0 spiro atoms. The molecule has 0 aliphatic heterocycles. The Bertz CT molecular complexity index is 225. The topological polar surface area (TPSA) is 0 Å². The Kier molecular flexibility index (Phi) is 9.93. The number of allylic oxidation sites excluding steroid dienone is 1. The first-order chi connectivity index (χ1) is 8.61. The van der Waals surface area contributed by atoms with Crippen LogP contribution in [0.25, 0.3) is 0 Å². The molecule has 0 aliphatic carbocycles. The summed E-state index contributed by atoms with van der Waals surface area (Å²) < 4.78 is 2.23. The highest BCUT2D eigenvalue weighted by molar-refractivity contribution is 14.1. The largest absolute Gasteiger partial charge is 0.0782 e. The fourth-order valence-electron chi connectivity index (χ4n) is 3.94. The van der Waals surface area contributed by atoms with E-state index >= 15 is 0 Å². The third-order valence-corrected chi connectivity index (χ3v) is 13.1. The first-order valence-corrected chi connectivity index (χ1v) is 11.7. The summed E-state index contributed by atoms with van der Waals surface area (Å²) in [7, 11) is -1.13. The van der Waals surface area contributed by atoms with Crippen LogP contribution in [-0.2, 0) is 0 Å². The maximum atomic E-state index is 2.46. The number of rotatable bonds is 10. The summed E-state index contributed by atoms with van der Waals surface area (Å²) in [5, 5.41) is 0.656. The molecule has 0 nitrogen and oxygen atoms in total. The molecule has 0 fully saturated rings. The first-order valence-electron chi connectivity index (χ1n) is 7.87. The van der Waals surface area contributed by atoms with E-state index in [9.17, 15) is 0 Å². The Balaban J connectivity index is 5.34. The predicted molar refractivity (Wildman–Crippen MR) is 97.5 cm³/mol. The van der Waals surface area contributed by atoms with E-state index < -0.39 is 8.07 Å². The van der Waals surface area contributed by atoms with Crippen LogP contribution in [0.4, 0.5) is 0 Å². The van der Waals surface area contributed by atoms with E-state index in [1.54, 1.807) is 0 Å². The van der Waals surface area contributed by atoms with Crippen LogP contribution in [0.15, 0.2) is 10.2 Å². The molecule has 0 saturated heterocycles. The maximum absolute atomic E-state index is 2.46. The second kappa shape index (κ2) is 9.57. The average molecular weight is 380 g/mol. The van der Waals surface area contributed by atoms with Gasteiger partial charge in [0.25, 0.3) is 0 Å². The number of halogens is 1. The van der Waals surface area contributed by atoms with Gasteiger partial charge in [0.1, 0.15) is 0 Å². The van der Waals surface area contributed by atoms with Crippen LogP contribution >= 0.6 is 22.6 Å². The molecule has 0 aromatic heterocycles. The summed E-state index contributed by atoms with van der Waals surface area (Å²) in [6, 6.07) is 4.39. The summed E-state index contributed by atoms with van der Waals surface area (Å²) in [5.41, 5.74) is 0. The van der Waals surface area contributed by atoms with Gasteiger partial charge in [0, 0.05) is 0 Å². The van der Waals surface area contributed by atoms with Crippen molar-refractivity contribution in [3.63, 3.8) is 0 Å². The van der Waals surface area contributed by atoms with Crippen LogP contribution < -0.4 is 0 Å². The van der Waals surface area contributed by atoms with Crippen molar-refractivity contribution >= 4 is 30.7 Å². The van der Waals surface area contributed by atoms with Gasteiger partial charge >= 0.3 is 0 Å². The van der Waals surface area contributed by atoms with Gasteiger partial charge in [-0.15, -0.1) is 0 Å². The Morgan fingerprint density at radius 1 is 1.00 bits per heavy atom. The van der Waals surface area contributed by atoms with Crippen molar-refractivity contribution in [3.05, 3.63) is 10.2 Å². The minimum absolute atomic E-state index is 0.656. The van der Waals surface area contributed by atoms with E-state index in [4.69, 9.17) is 0 Å². The van der Waals surface area contributed by atoms with E-state index in [0.29, 0.717) is 5.04 Å². The van der Waals surface area contributed by atoms with Gasteiger partial charge in [0.15, 0.2) is 0 Å². The van der Waals surface area contributed by atoms with Gasteiger partial charge in [-0.2, -0.15) is 0 Å². The van der Waals surface area contributed by atoms with Crippen molar-refractivity contribution in [3.8, 4) is 0 Å². The SMILES string of the molecule is CCCC[C@@](CC)(CC=CI)[Si](CC)(CC)CC. The highest BCUT2D eigenvalue weighted by Crippen LogP contribution is 2.54. The standard InChI is InChI=1S/C16H33ISi/c1-6-11-13-16(7-2,14-12-15-17)18(8-3,9-4)10-5/h12,15H,6-11,13-14H2,1-5H3/t16-/m0/s1. The van der Waals surface area contributed by atoms with Crippen molar-refractivity contribution in [1.82, 2.24) is 0 Å². The molecule has 0 heterocycles. The maximum Gasteiger partial charge on any atom is 0.0592 e. The van der Waals surface area contributed by atoms with Crippen LogP contribution in [0.3, 0.4) is 0 Å². The van der Waals surface area contributed by atoms with E-state index in [1.165, 1.54) is 50.2 Å². The van der Waals surface area contributed by atoms with E-state index in [1.807, 2.05) is 0 Å². The van der Waals surface area contributed by atoms with Crippen LogP contribution in [0, 0.1) is 0 Å². The van der Waals surface area contributed by atoms with Crippen molar-refractivity contribution < 1.29 is 0 Å². The molecule has 0 unspecified atom stereocenters. The van der Waals surface area contributed by atoms with E-state index in [2.05, 4.69) is 67.4 Å². The lowest BCUT2D eigenvalue weighted by Gasteiger charge is -2.49. The van der Waals surface area contributed by atoms with Gasteiger partial charge in [-0.05, 0) is 22.0 Å². The molecule has 0 aromatic carbocycles. The highest BCUT2D eigenvalue weighted by atomic mass is 127. The average Bonchev–Trinajstić information content (AvgIpc) is 2.43. The van der Waals surface area contributed by atoms with Crippen LogP contribution in [-0.4, -0.2) is 8.07 Å². The van der Waals surface area contributed by atoms with Crippen LogP contribution in [0.1, 0.15) is 66.7 Å². The lowest BCUT2D eigenvalue weighted by molar-refractivity contribution is 0.450. The zero-order valence-electron chi connectivity index (χ0n) is 13.2. The van der Waals surface area contributed by atoms with Crippen molar-refractivity contribution in [2.75, 3.05) is 0 Å². The monoisotopic (exact) mass is 380 g/mol. The third-order valence-electron chi connectivity index (χ3n) is 5.44. The third kappa shape index (κ3) is 4.09. The van der Waals surface area contributed by atoms with Gasteiger partial charge in [0.05, 0.1) is 8.07 Å². The molecule has 1 atom stereocenters. The molecule has 0 amide bonds. The lowest BCUT2D eigenvalue weighted by atomic mass is 9.94. The summed E-state index contributed by atoms with van der Waals surface area (Å²) in [6.07, 6.45) is 9.37. The van der Waals surface area contributed by atoms with E-state index in [0.717, 1.165) is 0 Å². The molecule has 0 saturated carbocycles. The molecular formula is C16H33ISi. The van der Waals surface area contributed by atoms with Gasteiger partial charge in [-0.25, -0.2) is 0 Å². The number of unbranched alkanes of at least 4 members (excludes halogenated alkanes) is 1. The van der Waals surface area contributed by atoms with Crippen LogP contribution in [0.5, 0.6) is 0 Å². The summed E-state index contributed by atoms with van der Waals surface area (Å²) in [4.78, 5) is 0. The predicted octanol–water partition coefficient (Wildman–Crippen LogP) is 7.17. The van der Waals surface area contributed by atoms with Gasteiger partial charge in [-0.1, -0.05) is 101 Å². The highest BCUT2D eigenvalue weighted by Gasteiger charge is 2.46. The molecule has 2 heteroatoms. The Morgan fingerprint density at radius 2 is 1.56 bits per heavy atom. The Hall–Kier alpha value is 0.687. The lowest BCUT2D eigenvalue weighted by Crippen LogP contribution is -2.46. The number of hydrogen-bond acceptors (Lipinski definition) is 0. The zero-order valence-corrected chi connectivity index (χ0v) is 16.3. The summed E-state index contributed by atoms with van der Waals surface area (Å²) in [5.74, 6) is 0. The first kappa shape index (κ1) is 18.7. The molecule has 0 rings (SSSR count). The molecule has 0 radical (unpaired) electrons. The van der Waals surface area contributed by atoms with Crippen molar-refractivity contribution in [2.45, 2.75) is 89.9 Å². The molecule has 108 valence electrons. The second-order valence-corrected chi connectivity index (χ2v) is 12.1. The normalized spacial score (nSPS) is 16.1.